The molecular formula is CH3BN3. The summed E-state index contributed by atoms with van der Waals surface area (Å²) in [7, 11) is 1.39. The first-order valence-electron chi connectivity index (χ1n) is 1.24. The summed E-state index contributed by atoms with van der Waals surface area (Å²) in [6.45, 7) is 1.67. The summed E-state index contributed by atoms with van der Waals surface area (Å²) in [6, 6.07) is 0. The second-order valence-corrected chi connectivity index (χ2v) is 0.463. The lowest BCUT2D eigenvalue weighted by molar-refractivity contribution is 1.72. The van der Waals surface area contributed by atoms with Crippen molar-refractivity contribution in [2.45, 2.75) is 6.82 Å². The summed E-state index contributed by atoms with van der Waals surface area (Å²) in [5.74, 6) is 0. The summed E-state index contributed by atoms with van der Waals surface area (Å²) < 4.78 is 0. The minimum atomic E-state index is 1.39. The van der Waals surface area contributed by atoms with Crippen LogP contribution in [-0.2, 0) is 0 Å². The van der Waals surface area contributed by atoms with Crippen molar-refractivity contribution in [1.82, 2.24) is 0 Å². The Bertz CT molecular complexity index is 53.9. The Labute approximate surface area is 30.9 Å². The summed E-state index contributed by atoms with van der Waals surface area (Å²) in [4.78, 5) is 2.42. The fraction of sp³-hybridized carbons (Fsp3) is 1.00. The van der Waals surface area contributed by atoms with E-state index >= 15 is 0 Å². The fourth-order valence-electron chi connectivity index (χ4n) is 0.0516. The molecule has 25 valence electrons. The largest absolute Gasteiger partial charge is 0.215 e. The maximum atomic E-state index is 7.49. The van der Waals surface area contributed by atoms with Gasteiger partial charge in [-0.3, -0.25) is 0 Å². The molecule has 0 aromatic carbocycles. The van der Waals surface area contributed by atoms with E-state index in [1.807, 2.05) is 0 Å². The van der Waals surface area contributed by atoms with E-state index in [1.54, 1.807) is 6.82 Å². The van der Waals surface area contributed by atoms with E-state index < -0.39 is 0 Å². The lowest BCUT2D eigenvalue weighted by atomic mass is 10.0. The zero-order valence-electron chi connectivity index (χ0n) is 2.92. The predicted octanol–water partition coefficient (Wildman–Crippen LogP) is 0.964. The number of hydrogen-bond acceptors (Lipinski definition) is 1. The van der Waals surface area contributed by atoms with Gasteiger partial charge in [-0.05, 0) is 10.4 Å². The summed E-state index contributed by atoms with van der Waals surface area (Å²) in [6.07, 6.45) is 0. The standard InChI is InChI=1S/CH3BN3/c1-2-4-5-3/h1H3. The van der Waals surface area contributed by atoms with Crippen LogP contribution in [0.2, 0.25) is 6.82 Å². The molecule has 1 radical (unpaired) electrons. The Morgan fingerprint density at radius 3 is 2.60 bits per heavy atom. The average molecular weight is 67.9 g/mol. The van der Waals surface area contributed by atoms with Gasteiger partial charge in [-0.25, -0.2) is 0 Å². The molecule has 4 heteroatoms. The smallest absolute Gasteiger partial charge is 0.157 e. The molecule has 0 aromatic rings. The Balaban J connectivity index is 2.93. The predicted molar refractivity (Wildman–Crippen MR) is 20.8 cm³/mol. The van der Waals surface area contributed by atoms with Gasteiger partial charge < -0.3 is 0 Å². The molecule has 0 spiro atoms. The number of nitrogens with zero attached hydrogens (tertiary/aromatic N) is 3. The van der Waals surface area contributed by atoms with Crippen LogP contribution in [0.3, 0.4) is 0 Å². The van der Waals surface area contributed by atoms with Crippen molar-refractivity contribution in [1.29, 1.82) is 0 Å². The van der Waals surface area contributed by atoms with Crippen LogP contribution >= 0.6 is 0 Å². The quantitative estimate of drug-likeness (QED) is 0.190. The van der Waals surface area contributed by atoms with Crippen molar-refractivity contribution < 1.29 is 0 Å². The van der Waals surface area contributed by atoms with Gasteiger partial charge in [0.05, 0.1) is 0 Å². The second kappa shape index (κ2) is 3.37. The lowest BCUT2D eigenvalue weighted by Gasteiger charge is -1.53. The SMILES string of the molecule is C[B]N=[N+]=[N-]. The molecule has 0 N–H and O–H groups in total. The van der Waals surface area contributed by atoms with Gasteiger partial charge in [0, 0.05) is 0 Å². The van der Waals surface area contributed by atoms with E-state index in [0.29, 0.717) is 0 Å². The normalized spacial score (nSPS) is 5.00. The van der Waals surface area contributed by atoms with Crippen molar-refractivity contribution >= 4 is 7.41 Å². The van der Waals surface area contributed by atoms with Crippen molar-refractivity contribution in [3.05, 3.63) is 10.4 Å². The van der Waals surface area contributed by atoms with Gasteiger partial charge in [0.25, 0.3) is 0 Å². The average Bonchev–Trinajstić information content (AvgIpc) is 1.41. The minimum absolute atomic E-state index is 1.39. The van der Waals surface area contributed by atoms with Crippen LogP contribution in [0.5, 0.6) is 0 Å². The number of azide groups is 1. The molecule has 0 bridgehead atoms. The first kappa shape index (κ1) is 4.37. The van der Waals surface area contributed by atoms with E-state index in [4.69, 9.17) is 5.53 Å². The van der Waals surface area contributed by atoms with Crippen molar-refractivity contribution in [2.75, 3.05) is 0 Å². The van der Waals surface area contributed by atoms with Crippen LogP contribution in [-0.4, -0.2) is 7.41 Å². The summed E-state index contributed by atoms with van der Waals surface area (Å²) in [5, 5.41) is 3.03. The highest BCUT2D eigenvalue weighted by Crippen LogP contribution is 1.57. The van der Waals surface area contributed by atoms with Crippen LogP contribution in [0.4, 0.5) is 0 Å². The van der Waals surface area contributed by atoms with Crippen LogP contribution in [0.25, 0.3) is 10.4 Å². The molecule has 0 aliphatic heterocycles. The number of hydrogen-bond donors (Lipinski definition) is 0. The fourth-order valence-corrected chi connectivity index (χ4v) is 0.0516. The first-order valence-corrected chi connectivity index (χ1v) is 1.24. The van der Waals surface area contributed by atoms with Crippen LogP contribution in [0.1, 0.15) is 0 Å². The molecule has 0 saturated heterocycles. The third kappa shape index (κ3) is 3.37. The molecule has 0 amide bonds. The highest BCUT2D eigenvalue weighted by Gasteiger charge is 1.57. The Morgan fingerprint density at radius 1 is 2.00 bits per heavy atom. The maximum absolute atomic E-state index is 7.49. The van der Waals surface area contributed by atoms with Crippen molar-refractivity contribution in [3.8, 4) is 0 Å². The molecule has 0 rings (SSSR count). The molecule has 0 aromatic heterocycles. The van der Waals surface area contributed by atoms with E-state index in [-0.39, 0.29) is 0 Å². The van der Waals surface area contributed by atoms with Gasteiger partial charge in [-0.1, -0.05) is 6.82 Å². The zero-order chi connectivity index (χ0) is 4.12. The summed E-state index contributed by atoms with van der Waals surface area (Å²) >= 11 is 0. The van der Waals surface area contributed by atoms with Crippen molar-refractivity contribution in [3.63, 3.8) is 0 Å². The van der Waals surface area contributed by atoms with Crippen molar-refractivity contribution in [2.24, 2.45) is 5.03 Å². The number of rotatable bonds is 1. The summed E-state index contributed by atoms with van der Waals surface area (Å²) in [5.41, 5.74) is 7.49. The van der Waals surface area contributed by atoms with E-state index in [2.05, 4.69) is 9.94 Å². The maximum Gasteiger partial charge on any atom is 0.215 e. The Kier molecular flexibility index (Phi) is 2.95. The Morgan fingerprint density at radius 2 is 2.60 bits per heavy atom. The lowest BCUT2D eigenvalue weighted by Crippen LogP contribution is -1.60. The zero-order valence-corrected chi connectivity index (χ0v) is 2.92. The van der Waals surface area contributed by atoms with E-state index in [0.717, 1.165) is 0 Å². The molecular weight excluding hydrogens is 64.8 g/mol. The first-order chi connectivity index (χ1) is 2.41. The highest BCUT2D eigenvalue weighted by atomic mass is 15.1. The molecule has 0 atom stereocenters. The molecule has 5 heavy (non-hydrogen) atoms. The highest BCUT2D eigenvalue weighted by molar-refractivity contribution is 6.30. The van der Waals surface area contributed by atoms with Gasteiger partial charge in [0.1, 0.15) is 0 Å². The topological polar surface area (TPSA) is 48.8 Å². The van der Waals surface area contributed by atoms with Gasteiger partial charge in [0.2, 0.25) is 7.41 Å². The van der Waals surface area contributed by atoms with Crippen LogP contribution < -0.4 is 0 Å². The molecule has 0 heterocycles. The van der Waals surface area contributed by atoms with Crippen LogP contribution in [0.15, 0.2) is 5.03 Å². The van der Waals surface area contributed by atoms with Gasteiger partial charge in [0.15, 0.2) is 0 Å². The third-order valence-corrected chi connectivity index (χ3v) is 0.167. The van der Waals surface area contributed by atoms with Gasteiger partial charge in [-0.15, -0.1) is 0 Å². The van der Waals surface area contributed by atoms with Gasteiger partial charge >= 0.3 is 0 Å². The second-order valence-electron chi connectivity index (χ2n) is 0.463. The van der Waals surface area contributed by atoms with E-state index in [1.165, 1.54) is 7.41 Å². The van der Waals surface area contributed by atoms with Crippen LogP contribution in [0, 0.1) is 0 Å². The molecule has 3 nitrogen and oxygen atoms in total. The molecule has 0 aliphatic rings. The van der Waals surface area contributed by atoms with Gasteiger partial charge in [-0.2, -0.15) is 5.03 Å². The molecule has 0 aliphatic carbocycles. The molecule has 0 unspecified atom stereocenters. The minimum Gasteiger partial charge on any atom is -0.157 e. The molecule has 0 saturated carbocycles. The van der Waals surface area contributed by atoms with E-state index in [9.17, 15) is 0 Å². The molecule has 0 fully saturated rings. The third-order valence-electron chi connectivity index (χ3n) is 0.167. The monoisotopic (exact) mass is 68.0 g/mol. The Hall–Kier alpha value is -0.625.